The van der Waals surface area contributed by atoms with Gasteiger partial charge in [-0.3, -0.25) is 0 Å². The number of aliphatic hydroxyl groups is 2. The van der Waals surface area contributed by atoms with Gasteiger partial charge in [0.15, 0.2) is 0 Å². The lowest BCUT2D eigenvalue weighted by molar-refractivity contribution is 0.0214. The van der Waals surface area contributed by atoms with Gasteiger partial charge in [0.1, 0.15) is 5.75 Å². The third-order valence-corrected chi connectivity index (χ3v) is 4.39. The fourth-order valence-corrected chi connectivity index (χ4v) is 2.98. The number of aliphatic hydroxyl groups excluding tert-OH is 2. The SMILES string of the molecule is CCOc1cc(C)c(C(CC)CC(O)C(C)O)c(C)c1C. The van der Waals surface area contributed by atoms with E-state index in [0.29, 0.717) is 13.0 Å². The number of ether oxygens (including phenoxy) is 1. The van der Waals surface area contributed by atoms with Crippen molar-refractivity contribution in [1.82, 2.24) is 0 Å². The van der Waals surface area contributed by atoms with Gasteiger partial charge in [-0.05, 0) is 81.7 Å². The molecule has 0 saturated carbocycles. The lowest BCUT2D eigenvalue weighted by Crippen LogP contribution is -2.25. The molecule has 0 bridgehead atoms. The summed E-state index contributed by atoms with van der Waals surface area (Å²) in [5, 5.41) is 19.6. The van der Waals surface area contributed by atoms with Gasteiger partial charge in [0.05, 0.1) is 18.8 Å². The highest BCUT2D eigenvalue weighted by Crippen LogP contribution is 2.36. The van der Waals surface area contributed by atoms with Gasteiger partial charge < -0.3 is 14.9 Å². The van der Waals surface area contributed by atoms with Crippen molar-refractivity contribution in [3.05, 3.63) is 28.3 Å². The van der Waals surface area contributed by atoms with Crippen LogP contribution < -0.4 is 4.74 Å². The van der Waals surface area contributed by atoms with E-state index in [4.69, 9.17) is 4.74 Å². The van der Waals surface area contributed by atoms with Crippen LogP contribution in [0.25, 0.3) is 0 Å². The molecule has 3 atom stereocenters. The van der Waals surface area contributed by atoms with Crippen molar-refractivity contribution >= 4 is 0 Å². The van der Waals surface area contributed by atoms with Crippen LogP contribution in [0.4, 0.5) is 0 Å². The normalized spacial score (nSPS) is 15.6. The van der Waals surface area contributed by atoms with Gasteiger partial charge in [0.25, 0.3) is 0 Å². The Morgan fingerprint density at radius 1 is 1.10 bits per heavy atom. The van der Waals surface area contributed by atoms with Gasteiger partial charge in [0, 0.05) is 0 Å². The number of hydrogen-bond donors (Lipinski definition) is 2. The van der Waals surface area contributed by atoms with Crippen LogP contribution in [-0.4, -0.2) is 29.0 Å². The van der Waals surface area contributed by atoms with Crippen LogP contribution in [0.3, 0.4) is 0 Å². The summed E-state index contributed by atoms with van der Waals surface area (Å²) >= 11 is 0. The topological polar surface area (TPSA) is 49.7 Å². The lowest BCUT2D eigenvalue weighted by Gasteiger charge is -2.26. The maximum Gasteiger partial charge on any atom is 0.122 e. The molecule has 0 aliphatic heterocycles. The highest BCUT2D eigenvalue weighted by atomic mass is 16.5. The molecule has 0 aliphatic rings. The molecule has 3 heteroatoms. The molecule has 21 heavy (non-hydrogen) atoms. The largest absolute Gasteiger partial charge is 0.494 e. The van der Waals surface area contributed by atoms with Crippen LogP contribution in [-0.2, 0) is 0 Å². The maximum atomic E-state index is 10.0. The summed E-state index contributed by atoms with van der Waals surface area (Å²) in [6, 6.07) is 2.10. The maximum absolute atomic E-state index is 10.0. The van der Waals surface area contributed by atoms with Crippen molar-refractivity contribution in [2.45, 2.75) is 72.5 Å². The first-order valence-corrected chi connectivity index (χ1v) is 7.92. The molecule has 2 N–H and O–H groups in total. The summed E-state index contributed by atoms with van der Waals surface area (Å²) in [6.45, 7) is 12.7. The van der Waals surface area contributed by atoms with E-state index < -0.39 is 12.2 Å². The second-order valence-electron chi connectivity index (χ2n) is 5.94. The molecular weight excluding hydrogens is 264 g/mol. The average Bonchev–Trinajstić information content (AvgIpc) is 2.43. The minimum Gasteiger partial charge on any atom is -0.494 e. The van der Waals surface area contributed by atoms with Gasteiger partial charge in [-0.1, -0.05) is 6.92 Å². The molecule has 1 aromatic rings. The summed E-state index contributed by atoms with van der Waals surface area (Å²) in [5.74, 6) is 1.20. The fourth-order valence-electron chi connectivity index (χ4n) is 2.98. The third kappa shape index (κ3) is 4.21. The molecule has 1 rings (SSSR count). The Hall–Kier alpha value is -1.06. The quantitative estimate of drug-likeness (QED) is 0.807. The summed E-state index contributed by atoms with van der Waals surface area (Å²) in [5.41, 5.74) is 4.90. The molecule has 0 saturated heterocycles. The molecule has 0 fully saturated rings. The van der Waals surface area contributed by atoms with Crippen LogP contribution >= 0.6 is 0 Å². The van der Waals surface area contributed by atoms with E-state index >= 15 is 0 Å². The van der Waals surface area contributed by atoms with Gasteiger partial charge in [-0.25, -0.2) is 0 Å². The van der Waals surface area contributed by atoms with E-state index in [-0.39, 0.29) is 5.92 Å². The van der Waals surface area contributed by atoms with Gasteiger partial charge in [-0.15, -0.1) is 0 Å². The molecule has 3 unspecified atom stereocenters. The number of rotatable bonds is 7. The molecule has 1 aromatic carbocycles. The van der Waals surface area contributed by atoms with Gasteiger partial charge in [0.2, 0.25) is 0 Å². The number of aryl methyl sites for hydroxylation is 1. The van der Waals surface area contributed by atoms with Gasteiger partial charge in [-0.2, -0.15) is 0 Å². The first-order valence-electron chi connectivity index (χ1n) is 7.92. The Bertz CT molecular complexity index is 466. The zero-order valence-electron chi connectivity index (χ0n) is 14.2. The second-order valence-corrected chi connectivity index (χ2v) is 5.94. The summed E-state index contributed by atoms with van der Waals surface area (Å²) in [4.78, 5) is 0. The standard InChI is InChI=1S/C18H30O3/c1-7-15(10-16(20)14(6)19)18-11(3)9-17(21-8-2)12(4)13(18)5/h9,14-16,19-20H,7-8,10H2,1-6H3. The first kappa shape index (κ1) is 18.0. The van der Waals surface area contributed by atoms with Crippen molar-refractivity contribution in [1.29, 1.82) is 0 Å². The molecule has 120 valence electrons. The zero-order valence-corrected chi connectivity index (χ0v) is 14.2. The Balaban J connectivity index is 3.18. The first-order chi connectivity index (χ1) is 9.83. The summed E-state index contributed by atoms with van der Waals surface area (Å²) < 4.78 is 5.70. The monoisotopic (exact) mass is 294 g/mol. The highest BCUT2D eigenvalue weighted by Gasteiger charge is 2.23. The average molecular weight is 294 g/mol. The van der Waals surface area contributed by atoms with Crippen LogP contribution in [0.2, 0.25) is 0 Å². The Morgan fingerprint density at radius 2 is 1.71 bits per heavy atom. The second kappa shape index (κ2) is 7.81. The van der Waals surface area contributed by atoms with Crippen molar-refractivity contribution in [2.75, 3.05) is 6.61 Å². The third-order valence-electron chi connectivity index (χ3n) is 4.39. The van der Waals surface area contributed by atoms with E-state index in [1.54, 1.807) is 6.92 Å². The van der Waals surface area contributed by atoms with Crippen molar-refractivity contribution < 1.29 is 14.9 Å². The summed E-state index contributed by atoms with van der Waals surface area (Å²) in [7, 11) is 0. The van der Waals surface area contributed by atoms with Crippen molar-refractivity contribution in [3.8, 4) is 5.75 Å². The van der Waals surface area contributed by atoms with Crippen molar-refractivity contribution in [3.63, 3.8) is 0 Å². The molecule has 0 spiro atoms. The van der Waals surface area contributed by atoms with Crippen LogP contribution in [0.5, 0.6) is 5.75 Å². The number of hydrogen-bond acceptors (Lipinski definition) is 3. The number of benzene rings is 1. The van der Waals surface area contributed by atoms with Gasteiger partial charge >= 0.3 is 0 Å². The molecule has 0 radical (unpaired) electrons. The minimum atomic E-state index is -0.691. The lowest BCUT2D eigenvalue weighted by atomic mass is 9.82. The Morgan fingerprint density at radius 3 is 2.19 bits per heavy atom. The smallest absolute Gasteiger partial charge is 0.122 e. The molecule has 0 heterocycles. The summed E-state index contributed by atoms with van der Waals surface area (Å²) in [6.07, 6.45) is 0.159. The molecule has 0 aromatic heterocycles. The predicted molar refractivity (Wildman–Crippen MR) is 87.2 cm³/mol. The van der Waals surface area contributed by atoms with Crippen molar-refractivity contribution in [2.24, 2.45) is 0 Å². The van der Waals surface area contributed by atoms with E-state index in [1.807, 2.05) is 6.92 Å². The Labute approximate surface area is 129 Å². The molecule has 3 nitrogen and oxygen atoms in total. The van der Waals surface area contributed by atoms with E-state index in [1.165, 1.54) is 22.3 Å². The zero-order chi connectivity index (χ0) is 16.2. The van der Waals surface area contributed by atoms with E-state index in [0.717, 1.165) is 12.2 Å². The van der Waals surface area contributed by atoms with E-state index in [2.05, 4.69) is 33.8 Å². The van der Waals surface area contributed by atoms with Crippen LogP contribution in [0.1, 0.15) is 61.8 Å². The fraction of sp³-hybridized carbons (Fsp3) is 0.667. The van der Waals surface area contributed by atoms with E-state index in [9.17, 15) is 10.2 Å². The predicted octanol–water partition coefficient (Wildman–Crippen LogP) is 3.64. The molecular formula is C18H30O3. The molecule has 0 aliphatic carbocycles. The van der Waals surface area contributed by atoms with Crippen LogP contribution in [0, 0.1) is 20.8 Å². The highest BCUT2D eigenvalue weighted by molar-refractivity contribution is 5.49. The Kier molecular flexibility index (Phi) is 6.69. The minimum absolute atomic E-state index is 0.254. The molecule has 0 amide bonds. The van der Waals surface area contributed by atoms with Crippen LogP contribution in [0.15, 0.2) is 6.07 Å².